The Balaban J connectivity index is 1.63. The van der Waals surface area contributed by atoms with E-state index in [1.54, 1.807) is 0 Å². The van der Waals surface area contributed by atoms with E-state index in [9.17, 15) is 0 Å². The number of aromatic nitrogens is 1. The first-order valence-electron chi connectivity index (χ1n) is 12.0. The maximum Gasteiger partial charge on any atom is 0.0778 e. The summed E-state index contributed by atoms with van der Waals surface area (Å²) in [6, 6.07) is 35.5. The van der Waals surface area contributed by atoms with Gasteiger partial charge in [0.15, 0.2) is 0 Å². The number of hydrogen-bond donors (Lipinski definition) is 0. The van der Waals surface area contributed by atoms with E-state index in [1.807, 2.05) is 0 Å². The van der Waals surface area contributed by atoms with E-state index in [4.69, 9.17) is 4.98 Å². The number of likely N-dealkylation sites (N-methyl/N-ethyl adjacent to an activating group) is 1. The molecule has 1 aromatic heterocycles. The van der Waals surface area contributed by atoms with E-state index in [-0.39, 0.29) is 6.04 Å². The summed E-state index contributed by atoms with van der Waals surface area (Å²) in [6.45, 7) is 0. The average molecular weight is 435 g/mol. The van der Waals surface area contributed by atoms with Gasteiger partial charge >= 0.3 is 0 Å². The molecule has 160 valence electrons. The molecule has 0 amide bonds. The van der Waals surface area contributed by atoms with Gasteiger partial charge in [-0.25, -0.2) is 4.98 Å². The largest absolute Gasteiger partial charge is 0.367 e. The molecule has 0 saturated heterocycles. The van der Waals surface area contributed by atoms with E-state index in [1.165, 1.54) is 60.4 Å². The first-order valence-corrected chi connectivity index (χ1v) is 12.0. The standard InChI is InChI=1S/C32H22N2/c1-34-27-17-9-7-15-24(27)29-23-14-6-8-16-26(23)33-32-30-22-13-5-4-11-20(22)19-10-2-3-12-21(19)25(30)18-28(34)31(29)32/h2-17,28H,18H2,1H3. The molecule has 2 heteroatoms. The van der Waals surface area contributed by atoms with Crippen molar-refractivity contribution in [2.75, 3.05) is 11.9 Å². The van der Waals surface area contributed by atoms with Crippen molar-refractivity contribution < 1.29 is 0 Å². The van der Waals surface area contributed by atoms with Crippen LogP contribution in [0.3, 0.4) is 0 Å². The molecule has 2 aliphatic rings. The second-order valence-electron chi connectivity index (χ2n) is 9.56. The molecular formula is C32H22N2. The second-order valence-corrected chi connectivity index (χ2v) is 9.56. The Kier molecular flexibility index (Phi) is 3.47. The quantitative estimate of drug-likeness (QED) is 0.226. The second kappa shape index (κ2) is 6.45. The summed E-state index contributed by atoms with van der Waals surface area (Å²) in [5, 5.41) is 6.55. The van der Waals surface area contributed by atoms with Crippen LogP contribution in [0.25, 0.3) is 54.8 Å². The minimum atomic E-state index is 0.258. The van der Waals surface area contributed by atoms with Crippen LogP contribution in [0.5, 0.6) is 0 Å². The Morgan fingerprint density at radius 3 is 2.09 bits per heavy atom. The fourth-order valence-corrected chi connectivity index (χ4v) is 6.52. The predicted molar refractivity (Wildman–Crippen MR) is 142 cm³/mol. The molecule has 34 heavy (non-hydrogen) atoms. The number of benzene rings is 5. The van der Waals surface area contributed by atoms with Crippen molar-refractivity contribution in [1.29, 1.82) is 0 Å². The third-order valence-corrected chi connectivity index (χ3v) is 7.96. The minimum absolute atomic E-state index is 0.258. The van der Waals surface area contributed by atoms with E-state index in [2.05, 4.69) is 109 Å². The van der Waals surface area contributed by atoms with Gasteiger partial charge in [0.25, 0.3) is 0 Å². The fraction of sp³-hybridized carbons (Fsp3) is 0.0938. The van der Waals surface area contributed by atoms with Crippen molar-refractivity contribution in [1.82, 2.24) is 4.98 Å². The highest BCUT2D eigenvalue weighted by atomic mass is 15.1. The van der Waals surface area contributed by atoms with Crippen molar-refractivity contribution in [3.8, 4) is 22.4 Å². The van der Waals surface area contributed by atoms with Crippen molar-refractivity contribution >= 4 is 38.1 Å². The van der Waals surface area contributed by atoms with E-state index >= 15 is 0 Å². The molecule has 0 spiro atoms. The molecule has 2 heterocycles. The Labute approximate surface area is 198 Å². The monoisotopic (exact) mass is 434 g/mol. The zero-order chi connectivity index (χ0) is 22.4. The zero-order valence-corrected chi connectivity index (χ0v) is 18.9. The topological polar surface area (TPSA) is 16.1 Å². The number of nitrogens with zero attached hydrogens (tertiary/aromatic N) is 2. The van der Waals surface area contributed by atoms with Crippen LogP contribution in [-0.4, -0.2) is 12.0 Å². The number of para-hydroxylation sites is 2. The summed E-state index contributed by atoms with van der Waals surface area (Å²) >= 11 is 0. The number of anilines is 1. The fourth-order valence-electron chi connectivity index (χ4n) is 6.52. The van der Waals surface area contributed by atoms with Gasteiger partial charge in [-0.05, 0) is 45.7 Å². The van der Waals surface area contributed by atoms with Crippen LogP contribution in [0.15, 0.2) is 97.1 Å². The average Bonchev–Trinajstić information content (AvgIpc) is 2.90. The minimum Gasteiger partial charge on any atom is -0.367 e. The van der Waals surface area contributed by atoms with Crippen molar-refractivity contribution in [2.24, 2.45) is 0 Å². The lowest BCUT2D eigenvalue weighted by Crippen LogP contribution is -2.33. The van der Waals surface area contributed by atoms with Crippen LogP contribution >= 0.6 is 0 Å². The molecule has 0 N–H and O–H groups in total. The van der Waals surface area contributed by atoms with Crippen LogP contribution in [-0.2, 0) is 6.42 Å². The lowest BCUT2D eigenvalue weighted by atomic mass is 9.74. The van der Waals surface area contributed by atoms with E-state index < -0.39 is 0 Å². The van der Waals surface area contributed by atoms with Crippen molar-refractivity contribution in [3.05, 3.63) is 108 Å². The van der Waals surface area contributed by atoms with Gasteiger partial charge in [0.1, 0.15) is 0 Å². The Hall–Kier alpha value is -4.17. The maximum atomic E-state index is 5.39. The highest BCUT2D eigenvalue weighted by Gasteiger charge is 2.38. The van der Waals surface area contributed by atoms with Crippen molar-refractivity contribution in [2.45, 2.75) is 12.5 Å². The van der Waals surface area contributed by atoms with E-state index in [0.717, 1.165) is 17.6 Å². The molecule has 1 aliphatic heterocycles. The van der Waals surface area contributed by atoms with Gasteiger partial charge in [-0.15, -0.1) is 0 Å². The van der Waals surface area contributed by atoms with Gasteiger partial charge in [-0.3, -0.25) is 0 Å². The molecule has 0 bridgehead atoms. The van der Waals surface area contributed by atoms with Crippen LogP contribution in [0.2, 0.25) is 0 Å². The number of rotatable bonds is 0. The van der Waals surface area contributed by atoms with E-state index in [0.29, 0.717) is 0 Å². The summed E-state index contributed by atoms with van der Waals surface area (Å²) < 4.78 is 0. The van der Waals surface area contributed by atoms with Gasteiger partial charge < -0.3 is 4.90 Å². The third kappa shape index (κ3) is 2.18. The van der Waals surface area contributed by atoms with Gasteiger partial charge in [0.2, 0.25) is 0 Å². The number of fused-ring (bicyclic) bond motifs is 11. The molecule has 0 saturated carbocycles. The smallest absolute Gasteiger partial charge is 0.0778 e. The maximum absolute atomic E-state index is 5.39. The van der Waals surface area contributed by atoms with Crippen LogP contribution < -0.4 is 4.90 Å². The molecule has 2 nitrogen and oxygen atoms in total. The lowest BCUT2D eigenvalue weighted by Gasteiger charge is -2.42. The summed E-state index contributed by atoms with van der Waals surface area (Å²) in [6.07, 6.45) is 0.978. The first-order chi connectivity index (χ1) is 16.8. The summed E-state index contributed by atoms with van der Waals surface area (Å²) in [5.74, 6) is 0. The molecule has 1 aliphatic carbocycles. The molecular weight excluding hydrogens is 412 g/mol. The normalized spacial score (nSPS) is 15.9. The molecule has 1 atom stereocenters. The summed E-state index contributed by atoms with van der Waals surface area (Å²) in [5.41, 5.74) is 10.3. The lowest BCUT2D eigenvalue weighted by molar-refractivity contribution is 0.656. The number of hydrogen-bond acceptors (Lipinski definition) is 2. The van der Waals surface area contributed by atoms with Gasteiger partial charge in [-0.2, -0.15) is 0 Å². The summed E-state index contributed by atoms with van der Waals surface area (Å²) in [7, 11) is 2.25. The van der Waals surface area contributed by atoms with Gasteiger partial charge in [0, 0.05) is 40.4 Å². The Morgan fingerprint density at radius 1 is 0.647 bits per heavy atom. The van der Waals surface area contributed by atoms with Gasteiger partial charge in [0.05, 0.1) is 17.3 Å². The highest BCUT2D eigenvalue weighted by molar-refractivity contribution is 6.17. The molecule has 0 radical (unpaired) electrons. The Morgan fingerprint density at radius 2 is 1.26 bits per heavy atom. The molecule has 6 aromatic rings. The zero-order valence-electron chi connectivity index (χ0n) is 18.9. The van der Waals surface area contributed by atoms with Crippen LogP contribution in [0.1, 0.15) is 17.2 Å². The highest BCUT2D eigenvalue weighted by Crippen LogP contribution is 2.55. The van der Waals surface area contributed by atoms with Crippen molar-refractivity contribution in [3.63, 3.8) is 0 Å². The first kappa shape index (κ1) is 18.3. The third-order valence-electron chi connectivity index (χ3n) is 7.96. The predicted octanol–water partition coefficient (Wildman–Crippen LogP) is 7.92. The summed E-state index contributed by atoms with van der Waals surface area (Å²) in [4.78, 5) is 7.86. The van der Waals surface area contributed by atoms with Gasteiger partial charge in [-0.1, -0.05) is 84.9 Å². The Bertz CT molecular complexity index is 1810. The number of pyridine rings is 1. The van der Waals surface area contributed by atoms with Crippen LogP contribution in [0.4, 0.5) is 5.69 Å². The molecule has 1 unspecified atom stereocenters. The molecule has 5 aromatic carbocycles. The van der Waals surface area contributed by atoms with Crippen LogP contribution in [0, 0.1) is 0 Å². The molecule has 0 fully saturated rings. The SMILES string of the molecule is CN1c2ccccc2-c2c3c(nc4ccccc24)-c2c(c4ccccc4c4ccccc24)CC31. The molecule has 8 rings (SSSR count).